The standard InChI is InChI=1S/C9H14N2O4S2/c1-4-5-10(3)17(14,15)9-6-8(11(12)13)7(2)16-9/h6H,4-5H2,1-3H3. The highest BCUT2D eigenvalue weighted by Gasteiger charge is 2.26. The highest BCUT2D eigenvalue weighted by Crippen LogP contribution is 2.32. The van der Waals surface area contributed by atoms with Crippen LogP contribution in [0.5, 0.6) is 0 Å². The van der Waals surface area contributed by atoms with Gasteiger partial charge in [-0.15, -0.1) is 11.3 Å². The largest absolute Gasteiger partial charge is 0.284 e. The molecular weight excluding hydrogens is 264 g/mol. The van der Waals surface area contributed by atoms with Crippen molar-refractivity contribution in [3.63, 3.8) is 0 Å². The predicted molar refractivity (Wildman–Crippen MR) is 65.8 cm³/mol. The molecule has 0 aromatic carbocycles. The molecular formula is C9H14N2O4S2. The van der Waals surface area contributed by atoms with Crippen molar-refractivity contribution in [2.75, 3.05) is 13.6 Å². The second-order valence-corrected chi connectivity index (χ2v) is 7.12. The quantitative estimate of drug-likeness (QED) is 0.609. The Hall–Kier alpha value is -0.990. The number of nitrogens with zero attached hydrogens (tertiary/aromatic N) is 2. The Balaban J connectivity index is 3.17. The van der Waals surface area contributed by atoms with Crippen LogP contribution in [0, 0.1) is 17.0 Å². The number of aryl methyl sites for hydroxylation is 1. The normalized spacial score (nSPS) is 12.0. The van der Waals surface area contributed by atoms with Gasteiger partial charge in [0, 0.05) is 19.7 Å². The Morgan fingerprint density at radius 3 is 2.53 bits per heavy atom. The van der Waals surface area contributed by atoms with Gasteiger partial charge in [-0.1, -0.05) is 6.92 Å². The molecule has 0 aliphatic carbocycles. The summed E-state index contributed by atoms with van der Waals surface area (Å²) >= 11 is 0.933. The summed E-state index contributed by atoms with van der Waals surface area (Å²) in [5, 5.41) is 10.7. The molecule has 17 heavy (non-hydrogen) atoms. The minimum atomic E-state index is -3.59. The van der Waals surface area contributed by atoms with Crippen molar-refractivity contribution >= 4 is 27.0 Å². The summed E-state index contributed by atoms with van der Waals surface area (Å²) in [7, 11) is -2.12. The van der Waals surface area contributed by atoms with Gasteiger partial charge in [0.2, 0.25) is 0 Å². The fraction of sp³-hybridized carbons (Fsp3) is 0.556. The Kier molecular flexibility index (Phi) is 4.23. The van der Waals surface area contributed by atoms with E-state index in [0.717, 1.165) is 17.4 Å². The summed E-state index contributed by atoms with van der Waals surface area (Å²) in [5.74, 6) is 0. The molecule has 96 valence electrons. The summed E-state index contributed by atoms with van der Waals surface area (Å²) < 4.78 is 25.3. The van der Waals surface area contributed by atoms with E-state index in [0.29, 0.717) is 17.8 Å². The summed E-state index contributed by atoms with van der Waals surface area (Å²) in [5.41, 5.74) is -0.140. The van der Waals surface area contributed by atoms with Crippen molar-refractivity contribution < 1.29 is 13.3 Å². The van der Waals surface area contributed by atoms with Crippen LogP contribution in [-0.4, -0.2) is 31.2 Å². The van der Waals surface area contributed by atoms with Gasteiger partial charge in [-0.2, -0.15) is 0 Å². The molecule has 0 spiro atoms. The lowest BCUT2D eigenvalue weighted by atomic mass is 10.4. The van der Waals surface area contributed by atoms with Gasteiger partial charge in [0.25, 0.3) is 15.7 Å². The maximum atomic E-state index is 12.0. The van der Waals surface area contributed by atoms with Crippen molar-refractivity contribution in [3.05, 3.63) is 21.1 Å². The SMILES string of the molecule is CCCN(C)S(=O)(=O)c1cc([N+](=O)[O-])c(C)s1. The number of nitro groups is 1. The molecule has 0 fully saturated rings. The average Bonchev–Trinajstić information content (AvgIpc) is 2.61. The zero-order chi connectivity index (χ0) is 13.2. The van der Waals surface area contributed by atoms with Crippen LogP contribution in [0.2, 0.25) is 0 Å². The molecule has 0 aliphatic heterocycles. The average molecular weight is 278 g/mol. The molecule has 0 unspecified atom stereocenters. The molecule has 0 amide bonds. The Morgan fingerprint density at radius 2 is 2.12 bits per heavy atom. The topological polar surface area (TPSA) is 80.5 Å². The van der Waals surface area contributed by atoms with Crippen molar-refractivity contribution in [1.29, 1.82) is 0 Å². The van der Waals surface area contributed by atoms with Crippen LogP contribution in [-0.2, 0) is 10.0 Å². The van der Waals surface area contributed by atoms with Crippen LogP contribution in [0.25, 0.3) is 0 Å². The lowest BCUT2D eigenvalue weighted by Gasteiger charge is -2.14. The first kappa shape index (κ1) is 14.1. The third-order valence-corrected chi connectivity index (χ3v) is 5.61. The van der Waals surface area contributed by atoms with Gasteiger partial charge in [0.1, 0.15) is 4.21 Å². The molecule has 1 heterocycles. The zero-order valence-corrected chi connectivity index (χ0v) is 11.5. The number of thiophene rings is 1. The Morgan fingerprint density at radius 1 is 1.53 bits per heavy atom. The first-order chi connectivity index (χ1) is 7.80. The third-order valence-electron chi connectivity index (χ3n) is 2.27. The Bertz CT molecular complexity index is 521. The highest BCUT2D eigenvalue weighted by molar-refractivity contribution is 7.91. The summed E-state index contributed by atoms with van der Waals surface area (Å²) in [6.45, 7) is 3.81. The molecule has 1 rings (SSSR count). The molecule has 0 atom stereocenters. The minimum absolute atomic E-state index is 0.0256. The molecule has 1 aromatic heterocycles. The molecule has 0 aliphatic rings. The summed E-state index contributed by atoms with van der Waals surface area (Å²) in [6.07, 6.45) is 0.697. The van der Waals surface area contributed by atoms with Gasteiger partial charge in [-0.25, -0.2) is 12.7 Å². The molecule has 0 radical (unpaired) electrons. The van der Waals surface area contributed by atoms with Gasteiger partial charge < -0.3 is 0 Å². The molecule has 0 saturated heterocycles. The molecule has 8 heteroatoms. The fourth-order valence-corrected chi connectivity index (χ4v) is 4.22. The van der Waals surface area contributed by atoms with E-state index in [4.69, 9.17) is 0 Å². The Labute approximate surface area is 104 Å². The van der Waals surface area contributed by atoms with Gasteiger partial charge >= 0.3 is 0 Å². The first-order valence-electron chi connectivity index (χ1n) is 5.01. The van der Waals surface area contributed by atoms with E-state index in [-0.39, 0.29) is 9.90 Å². The van der Waals surface area contributed by atoms with E-state index in [1.807, 2.05) is 6.92 Å². The van der Waals surface area contributed by atoms with Gasteiger partial charge in [0.15, 0.2) is 0 Å². The number of rotatable bonds is 5. The van der Waals surface area contributed by atoms with Gasteiger partial charge in [0.05, 0.1) is 9.80 Å². The van der Waals surface area contributed by atoms with E-state index in [2.05, 4.69) is 0 Å². The highest BCUT2D eigenvalue weighted by atomic mass is 32.2. The van der Waals surface area contributed by atoms with E-state index >= 15 is 0 Å². The molecule has 1 aromatic rings. The van der Waals surface area contributed by atoms with Crippen molar-refractivity contribution in [2.24, 2.45) is 0 Å². The molecule has 0 bridgehead atoms. The second-order valence-electron chi connectivity index (χ2n) is 3.59. The number of hydrogen-bond acceptors (Lipinski definition) is 5. The molecule has 0 saturated carbocycles. The van der Waals surface area contributed by atoms with E-state index in [1.54, 1.807) is 6.92 Å². The van der Waals surface area contributed by atoms with Crippen molar-refractivity contribution in [2.45, 2.75) is 24.5 Å². The van der Waals surface area contributed by atoms with Crippen LogP contribution >= 0.6 is 11.3 Å². The van der Waals surface area contributed by atoms with Crippen LogP contribution in [0.4, 0.5) is 5.69 Å². The fourth-order valence-electron chi connectivity index (χ4n) is 1.34. The van der Waals surface area contributed by atoms with E-state index in [1.165, 1.54) is 11.4 Å². The van der Waals surface area contributed by atoms with Crippen molar-refractivity contribution in [1.82, 2.24) is 4.31 Å². The second kappa shape index (κ2) is 5.11. The van der Waals surface area contributed by atoms with Gasteiger partial charge in [-0.05, 0) is 13.3 Å². The maximum absolute atomic E-state index is 12.0. The lowest BCUT2D eigenvalue weighted by Crippen LogP contribution is -2.26. The van der Waals surface area contributed by atoms with Crippen LogP contribution in [0.15, 0.2) is 10.3 Å². The third kappa shape index (κ3) is 2.82. The smallest absolute Gasteiger partial charge is 0.258 e. The summed E-state index contributed by atoms with van der Waals surface area (Å²) in [4.78, 5) is 10.5. The number of sulfonamides is 1. The van der Waals surface area contributed by atoms with E-state index < -0.39 is 14.9 Å². The van der Waals surface area contributed by atoms with Crippen LogP contribution < -0.4 is 0 Å². The molecule has 6 nitrogen and oxygen atoms in total. The number of hydrogen-bond donors (Lipinski definition) is 0. The van der Waals surface area contributed by atoms with Crippen LogP contribution in [0.3, 0.4) is 0 Å². The zero-order valence-electron chi connectivity index (χ0n) is 9.84. The monoisotopic (exact) mass is 278 g/mol. The predicted octanol–water partition coefficient (Wildman–Crippen LogP) is 2.00. The van der Waals surface area contributed by atoms with Crippen molar-refractivity contribution in [3.8, 4) is 0 Å². The minimum Gasteiger partial charge on any atom is -0.258 e. The molecule has 0 N–H and O–H groups in total. The first-order valence-corrected chi connectivity index (χ1v) is 7.27. The summed E-state index contributed by atoms with van der Waals surface area (Å²) in [6, 6.07) is 1.13. The van der Waals surface area contributed by atoms with Gasteiger partial charge in [-0.3, -0.25) is 10.1 Å². The van der Waals surface area contributed by atoms with E-state index in [9.17, 15) is 18.5 Å². The van der Waals surface area contributed by atoms with Crippen LogP contribution in [0.1, 0.15) is 18.2 Å². The maximum Gasteiger partial charge on any atom is 0.284 e. The lowest BCUT2D eigenvalue weighted by molar-refractivity contribution is -0.385.